The number of nitrogens with one attached hydrogen (secondary N) is 1. The van der Waals surface area contributed by atoms with Crippen molar-refractivity contribution < 1.29 is 5.11 Å². The van der Waals surface area contributed by atoms with Gasteiger partial charge < -0.3 is 10.4 Å². The van der Waals surface area contributed by atoms with E-state index < -0.39 is 0 Å². The second-order valence-corrected chi connectivity index (χ2v) is 4.71. The third-order valence-electron chi connectivity index (χ3n) is 2.17. The molecule has 1 aromatic rings. The molecule has 0 aliphatic heterocycles. The van der Waals surface area contributed by atoms with Crippen LogP contribution >= 0.6 is 11.5 Å². The molecule has 1 aromatic heterocycles. The highest BCUT2D eigenvalue weighted by Crippen LogP contribution is 2.12. The third kappa shape index (κ3) is 4.13. The molecule has 0 fully saturated rings. The molecule has 86 valence electrons. The number of aliphatic hydroxyl groups is 1. The van der Waals surface area contributed by atoms with Crippen LogP contribution < -0.4 is 5.32 Å². The standard InChI is InChI=1S/C10H19N3OS/c1-4-5-9-12-10(15-13-9)11-6-8(14)7(2)3/h7-8,14H,4-6H2,1-3H3,(H,11,12,13). The molecule has 1 unspecified atom stereocenters. The largest absolute Gasteiger partial charge is 0.391 e. The fraction of sp³-hybridized carbons (Fsp3) is 0.800. The zero-order valence-electron chi connectivity index (χ0n) is 9.53. The number of aromatic nitrogens is 2. The summed E-state index contributed by atoms with van der Waals surface area (Å²) in [4.78, 5) is 4.32. The summed E-state index contributed by atoms with van der Waals surface area (Å²) < 4.78 is 4.22. The van der Waals surface area contributed by atoms with Crippen molar-refractivity contribution in [3.8, 4) is 0 Å². The first kappa shape index (κ1) is 12.4. The summed E-state index contributed by atoms with van der Waals surface area (Å²) in [6.45, 7) is 6.64. The van der Waals surface area contributed by atoms with Gasteiger partial charge in [0.05, 0.1) is 6.10 Å². The number of aryl methyl sites for hydroxylation is 1. The van der Waals surface area contributed by atoms with Crippen molar-refractivity contribution in [1.82, 2.24) is 9.36 Å². The van der Waals surface area contributed by atoms with Crippen LogP contribution in [0.2, 0.25) is 0 Å². The van der Waals surface area contributed by atoms with Gasteiger partial charge in [0.2, 0.25) is 5.13 Å². The minimum absolute atomic E-state index is 0.264. The monoisotopic (exact) mass is 229 g/mol. The van der Waals surface area contributed by atoms with Gasteiger partial charge in [-0.2, -0.15) is 4.37 Å². The van der Waals surface area contributed by atoms with E-state index in [-0.39, 0.29) is 12.0 Å². The molecule has 4 nitrogen and oxygen atoms in total. The van der Waals surface area contributed by atoms with E-state index in [1.54, 1.807) is 0 Å². The zero-order chi connectivity index (χ0) is 11.3. The molecular weight excluding hydrogens is 210 g/mol. The number of rotatable bonds is 6. The first-order valence-corrected chi connectivity index (χ1v) is 6.15. The van der Waals surface area contributed by atoms with Gasteiger partial charge in [-0.05, 0) is 12.3 Å². The SMILES string of the molecule is CCCc1nsc(NCC(O)C(C)C)n1. The van der Waals surface area contributed by atoms with Gasteiger partial charge in [0, 0.05) is 24.5 Å². The molecule has 0 aromatic carbocycles. The Kier molecular flexibility index (Phi) is 4.98. The number of aliphatic hydroxyl groups excluding tert-OH is 1. The maximum Gasteiger partial charge on any atom is 0.202 e. The Labute approximate surface area is 94.9 Å². The molecule has 0 bridgehead atoms. The van der Waals surface area contributed by atoms with E-state index in [1.807, 2.05) is 13.8 Å². The van der Waals surface area contributed by atoms with Gasteiger partial charge in [-0.25, -0.2) is 4.98 Å². The Morgan fingerprint density at radius 3 is 2.80 bits per heavy atom. The van der Waals surface area contributed by atoms with Crippen LogP contribution in [-0.2, 0) is 6.42 Å². The molecule has 5 heteroatoms. The highest BCUT2D eigenvalue weighted by atomic mass is 32.1. The summed E-state index contributed by atoms with van der Waals surface area (Å²) in [5.74, 6) is 1.16. The average molecular weight is 229 g/mol. The van der Waals surface area contributed by atoms with Gasteiger partial charge in [0.1, 0.15) is 5.82 Å². The van der Waals surface area contributed by atoms with Crippen molar-refractivity contribution in [2.24, 2.45) is 5.92 Å². The number of anilines is 1. The molecule has 0 spiro atoms. The summed E-state index contributed by atoms with van der Waals surface area (Å²) in [6, 6.07) is 0. The molecule has 1 heterocycles. The highest BCUT2D eigenvalue weighted by Gasteiger charge is 2.10. The summed E-state index contributed by atoms with van der Waals surface area (Å²) in [5, 5.41) is 13.5. The minimum Gasteiger partial charge on any atom is -0.391 e. The zero-order valence-corrected chi connectivity index (χ0v) is 10.3. The number of hydrogen-bond acceptors (Lipinski definition) is 5. The minimum atomic E-state index is -0.330. The molecule has 2 N–H and O–H groups in total. The Morgan fingerprint density at radius 1 is 1.47 bits per heavy atom. The van der Waals surface area contributed by atoms with Crippen molar-refractivity contribution >= 4 is 16.7 Å². The van der Waals surface area contributed by atoms with Crippen molar-refractivity contribution in [3.63, 3.8) is 0 Å². The van der Waals surface area contributed by atoms with Gasteiger partial charge in [0.15, 0.2) is 0 Å². The van der Waals surface area contributed by atoms with E-state index in [0.717, 1.165) is 23.8 Å². The van der Waals surface area contributed by atoms with E-state index in [2.05, 4.69) is 21.6 Å². The van der Waals surface area contributed by atoms with Crippen LogP contribution in [0.15, 0.2) is 0 Å². The Hall–Kier alpha value is -0.680. The Balaban J connectivity index is 2.37. The Bertz CT molecular complexity index is 288. The van der Waals surface area contributed by atoms with E-state index in [9.17, 15) is 5.11 Å². The molecular formula is C10H19N3OS. The van der Waals surface area contributed by atoms with Crippen LogP contribution in [0.4, 0.5) is 5.13 Å². The van der Waals surface area contributed by atoms with Crippen molar-refractivity contribution in [2.75, 3.05) is 11.9 Å². The number of hydrogen-bond donors (Lipinski definition) is 2. The predicted molar refractivity (Wildman–Crippen MR) is 63.2 cm³/mol. The fourth-order valence-corrected chi connectivity index (χ4v) is 1.70. The lowest BCUT2D eigenvalue weighted by Crippen LogP contribution is -2.24. The van der Waals surface area contributed by atoms with Crippen molar-refractivity contribution in [3.05, 3.63) is 5.82 Å². The molecule has 0 amide bonds. The van der Waals surface area contributed by atoms with Gasteiger partial charge in [-0.1, -0.05) is 20.8 Å². The van der Waals surface area contributed by atoms with Crippen LogP contribution in [0.1, 0.15) is 33.0 Å². The average Bonchev–Trinajstić information content (AvgIpc) is 2.62. The summed E-state index contributed by atoms with van der Waals surface area (Å²) in [7, 11) is 0. The lowest BCUT2D eigenvalue weighted by Gasteiger charge is -2.13. The van der Waals surface area contributed by atoms with Crippen LogP contribution in [-0.4, -0.2) is 27.1 Å². The molecule has 1 rings (SSSR count). The van der Waals surface area contributed by atoms with Gasteiger partial charge in [-0.15, -0.1) is 0 Å². The molecule has 1 atom stereocenters. The summed E-state index contributed by atoms with van der Waals surface area (Å²) in [6.07, 6.45) is 1.65. The molecule has 0 saturated carbocycles. The molecule has 0 radical (unpaired) electrons. The third-order valence-corrected chi connectivity index (χ3v) is 2.88. The summed E-state index contributed by atoms with van der Waals surface area (Å²) in [5.41, 5.74) is 0. The smallest absolute Gasteiger partial charge is 0.202 e. The predicted octanol–water partition coefficient (Wildman–Crippen LogP) is 1.92. The first-order chi connectivity index (χ1) is 7.13. The van der Waals surface area contributed by atoms with Gasteiger partial charge in [-0.3, -0.25) is 0 Å². The second kappa shape index (κ2) is 6.02. The highest BCUT2D eigenvalue weighted by molar-refractivity contribution is 7.09. The fourth-order valence-electron chi connectivity index (χ4n) is 1.08. The number of nitrogens with zero attached hydrogens (tertiary/aromatic N) is 2. The van der Waals surface area contributed by atoms with Crippen molar-refractivity contribution in [2.45, 2.75) is 39.7 Å². The Morgan fingerprint density at radius 2 is 2.20 bits per heavy atom. The van der Waals surface area contributed by atoms with E-state index >= 15 is 0 Å². The van der Waals surface area contributed by atoms with Crippen molar-refractivity contribution in [1.29, 1.82) is 0 Å². The lowest BCUT2D eigenvalue weighted by molar-refractivity contribution is 0.138. The maximum atomic E-state index is 9.59. The van der Waals surface area contributed by atoms with Crippen LogP contribution in [0, 0.1) is 5.92 Å². The van der Waals surface area contributed by atoms with Gasteiger partial charge in [0.25, 0.3) is 0 Å². The topological polar surface area (TPSA) is 58.0 Å². The van der Waals surface area contributed by atoms with E-state index in [4.69, 9.17) is 0 Å². The van der Waals surface area contributed by atoms with E-state index in [0.29, 0.717) is 6.54 Å². The quantitative estimate of drug-likeness (QED) is 0.782. The molecule has 0 aliphatic rings. The van der Waals surface area contributed by atoms with Crippen LogP contribution in [0.25, 0.3) is 0 Å². The lowest BCUT2D eigenvalue weighted by atomic mass is 10.1. The second-order valence-electron chi connectivity index (χ2n) is 3.96. The summed E-state index contributed by atoms with van der Waals surface area (Å²) >= 11 is 1.36. The molecule has 0 saturated heterocycles. The van der Waals surface area contributed by atoms with Gasteiger partial charge >= 0.3 is 0 Å². The van der Waals surface area contributed by atoms with Crippen LogP contribution in [0.5, 0.6) is 0 Å². The molecule has 15 heavy (non-hydrogen) atoms. The first-order valence-electron chi connectivity index (χ1n) is 5.38. The molecule has 0 aliphatic carbocycles. The van der Waals surface area contributed by atoms with Crippen LogP contribution in [0.3, 0.4) is 0 Å². The normalized spacial score (nSPS) is 13.1. The van der Waals surface area contributed by atoms with E-state index in [1.165, 1.54) is 11.5 Å². The maximum absolute atomic E-state index is 9.59.